The van der Waals surface area contributed by atoms with Crippen LogP contribution in [0.25, 0.3) is 0 Å². The van der Waals surface area contributed by atoms with Gasteiger partial charge in [-0.3, -0.25) is 4.79 Å². The van der Waals surface area contributed by atoms with E-state index in [9.17, 15) is 4.79 Å². The highest BCUT2D eigenvalue weighted by Gasteiger charge is 2.18. The minimum absolute atomic E-state index is 0.0256. The van der Waals surface area contributed by atoms with Gasteiger partial charge < -0.3 is 15.4 Å². The average Bonchev–Trinajstić information content (AvgIpc) is 2.48. The lowest BCUT2D eigenvalue weighted by Gasteiger charge is -2.25. The molecule has 0 saturated carbocycles. The number of amides is 1. The number of carbonyl (C=O) groups excluding carboxylic acids is 1. The molecule has 1 amide bonds. The van der Waals surface area contributed by atoms with Gasteiger partial charge in [-0.1, -0.05) is 26.7 Å². The minimum atomic E-state index is 0.0256. The number of nitrogens with zero attached hydrogens (tertiary/aromatic N) is 1. The Labute approximate surface area is 128 Å². The Morgan fingerprint density at radius 3 is 2.38 bits per heavy atom. The van der Waals surface area contributed by atoms with E-state index in [1.54, 1.807) is 18.2 Å². The third kappa shape index (κ3) is 4.96. The van der Waals surface area contributed by atoms with E-state index in [1.807, 2.05) is 18.7 Å². The topological polar surface area (TPSA) is 55.6 Å². The average molecular weight is 292 g/mol. The highest BCUT2D eigenvalue weighted by molar-refractivity contribution is 5.95. The van der Waals surface area contributed by atoms with Crippen LogP contribution in [0.5, 0.6) is 5.75 Å². The summed E-state index contributed by atoms with van der Waals surface area (Å²) in [6.45, 7) is 10.3. The normalized spacial score (nSPS) is 10.7. The standard InChI is InChI=1S/C17H28N2O2/c1-5-13(6-2)12-19(7-3)17(20)14-9-15(18)11-16(10-14)21-8-4/h9-11,13H,5-8,12,18H2,1-4H3. The van der Waals surface area contributed by atoms with Gasteiger partial charge in [0.1, 0.15) is 5.75 Å². The van der Waals surface area contributed by atoms with E-state index in [2.05, 4.69) is 13.8 Å². The summed E-state index contributed by atoms with van der Waals surface area (Å²) in [5.74, 6) is 1.22. The summed E-state index contributed by atoms with van der Waals surface area (Å²) in [5.41, 5.74) is 7.03. The van der Waals surface area contributed by atoms with Crippen molar-refractivity contribution in [1.29, 1.82) is 0 Å². The van der Waals surface area contributed by atoms with Gasteiger partial charge in [0.2, 0.25) is 0 Å². The van der Waals surface area contributed by atoms with Crippen LogP contribution >= 0.6 is 0 Å². The van der Waals surface area contributed by atoms with Crippen molar-refractivity contribution in [2.24, 2.45) is 5.92 Å². The summed E-state index contributed by atoms with van der Waals surface area (Å²) >= 11 is 0. The first-order chi connectivity index (χ1) is 10.0. The maximum Gasteiger partial charge on any atom is 0.254 e. The van der Waals surface area contributed by atoms with Crippen LogP contribution in [0, 0.1) is 5.92 Å². The van der Waals surface area contributed by atoms with Crippen LogP contribution in [0.3, 0.4) is 0 Å². The molecule has 0 spiro atoms. The molecule has 0 atom stereocenters. The first-order valence-electron chi connectivity index (χ1n) is 7.88. The van der Waals surface area contributed by atoms with Crippen molar-refractivity contribution < 1.29 is 9.53 Å². The van der Waals surface area contributed by atoms with Gasteiger partial charge in [0.15, 0.2) is 0 Å². The number of nitrogens with two attached hydrogens (primary N) is 1. The summed E-state index contributed by atoms with van der Waals surface area (Å²) in [6, 6.07) is 5.25. The Hall–Kier alpha value is -1.71. The third-order valence-corrected chi connectivity index (χ3v) is 3.79. The maximum atomic E-state index is 12.7. The second-order valence-electron chi connectivity index (χ2n) is 5.25. The fourth-order valence-electron chi connectivity index (χ4n) is 2.39. The monoisotopic (exact) mass is 292 g/mol. The Bertz CT molecular complexity index is 456. The highest BCUT2D eigenvalue weighted by Crippen LogP contribution is 2.21. The van der Waals surface area contributed by atoms with Crippen molar-refractivity contribution in [2.75, 3.05) is 25.4 Å². The Morgan fingerprint density at radius 2 is 1.86 bits per heavy atom. The molecule has 0 aliphatic carbocycles. The van der Waals surface area contributed by atoms with Crippen molar-refractivity contribution >= 4 is 11.6 Å². The Balaban J connectivity index is 2.93. The van der Waals surface area contributed by atoms with Crippen LogP contribution in [0.4, 0.5) is 5.69 Å². The molecule has 0 fully saturated rings. The number of hydrogen-bond acceptors (Lipinski definition) is 3. The van der Waals surface area contributed by atoms with E-state index >= 15 is 0 Å². The Morgan fingerprint density at radius 1 is 1.19 bits per heavy atom. The van der Waals surface area contributed by atoms with E-state index in [0.717, 1.165) is 19.4 Å². The molecule has 0 unspecified atom stereocenters. The molecule has 0 aromatic heterocycles. The number of hydrogen-bond donors (Lipinski definition) is 1. The molecule has 2 N–H and O–H groups in total. The smallest absolute Gasteiger partial charge is 0.254 e. The quantitative estimate of drug-likeness (QED) is 0.745. The van der Waals surface area contributed by atoms with Gasteiger partial charge in [0.05, 0.1) is 6.61 Å². The first kappa shape index (κ1) is 17.3. The van der Waals surface area contributed by atoms with Gasteiger partial charge in [-0.2, -0.15) is 0 Å². The zero-order chi connectivity index (χ0) is 15.8. The van der Waals surface area contributed by atoms with Crippen LogP contribution in [0.1, 0.15) is 50.9 Å². The summed E-state index contributed by atoms with van der Waals surface area (Å²) in [6.07, 6.45) is 2.17. The molecule has 0 bridgehead atoms. The largest absolute Gasteiger partial charge is 0.494 e. The number of anilines is 1. The Kier molecular flexibility index (Phi) is 7.06. The van der Waals surface area contributed by atoms with Crippen molar-refractivity contribution in [3.8, 4) is 5.75 Å². The number of ether oxygens (including phenoxy) is 1. The molecule has 4 heteroatoms. The molecule has 0 saturated heterocycles. The van der Waals surface area contributed by atoms with Crippen molar-refractivity contribution in [3.05, 3.63) is 23.8 Å². The lowest BCUT2D eigenvalue weighted by atomic mass is 10.0. The number of nitrogen functional groups attached to an aromatic ring is 1. The fourth-order valence-corrected chi connectivity index (χ4v) is 2.39. The number of rotatable bonds is 8. The molecule has 0 aliphatic rings. The minimum Gasteiger partial charge on any atom is -0.494 e. The summed E-state index contributed by atoms with van der Waals surface area (Å²) < 4.78 is 5.46. The van der Waals surface area contributed by atoms with Crippen molar-refractivity contribution in [2.45, 2.75) is 40.5 Å². The van der Waals surface area contributed by atoms with Crippen LogP contribution in [0.2, 0.25) is 0 Å². The lowest BCUT2D eigenvalue weighted by molar-refractivity contribution is 0.0734. The molecular formula is C17H28N2O2. The first-order valence-corrected chi connectivity index (χ1v) is 7.88. The molecule has 0 heterocycles. The second-order valence-corrected chi connectivity index (χ2v) is 5.25. The van der Waals surface area contributed by atoms with Crippen LogP contribution in [-0.4, -0.2) is 30.5 Å². The van der Waals surface area contributed by atoms with E-state index in [0.29, 0.717) is 36.1 Å². The molecule has 21 heavy (non-hydrogen) atoms. The molecule has 118 valence electrons. The summed E-state index contributed by atoms with van der Waals surface area (Å²) in [4.78, 5) is 14.6. The maximum absolute atomic E-state index is 12.7. The molecule has 1 aromatic carbocycles. The van der Waals surface area contributed by atoms with E-state index < -0.39 is 0 Å². The van der Waals surface area contributed by atoms with Gasteiger partial charge in [-0.05, 0) is 31.9 Å². The van der Waals surface area contributed by atoms with Crippen LogP contribution in [-0.2, 0) is 0 Å². The summed E-state index contributed by atoms with van der Waals surface area (Å²) in [7, 11) is 0. The molecule has 1 rings (SSSR count). The highest BCUT2D eigenvalue weighted by atomic mass is 16.5. The predicted molar refractivity (Wildman–Crippen MR) is 87.7 cm³/mol. The van der Waals surface area contributed by atoms with Gasteiger partial charge >= 0.3 is 0 Å². The SMILES string of the molecule is CCOc1cc(N)cc(C(=O)N(CC)CC(CC)CC)c1. The second kappa shape index (κ2) is 8.55. The third-order valence-electron chi connectivity index (χ3n) is 3.79. The summed E-state index contributed by atoms with van der Waals surface area (Å²) in [5, 5.41) is 0. The van der Waals surface area contributed by atoms with Crippen LogP contribution < -0.4 is 10.5 Å². The van der Waals surface area contributed by atoms with Gasteiger partial charge in [-0.15, -0.1) is 0 Å². The zero-order valence-corrected chi connectivity index (χ0v) is 13.7. The van der Waals surface area contributed by atoms with Gasteiger partial charge in [-0.25, -0.2) is 0 Å². The van der Waals surface area contributed by atoms with Gasteiger partial charge in [0, 0.05) is 30.4 Å². The lowest BCUT2D eigenvalue weighted by Crippen LogP contribution is -2.35. The van der Waals surface area contributed by atoms with Crippen molar-refractivity contribution in [3.63, 3.8) is 0 Å². The number of benzene rings is 1. The molecule has 0 aliphatic heterocycles. The zero-order valence-electron chi connectivity index (χ0n) is 13.7. The number of carbonyl (C=O) groups is 1. The van der Waals surface area contributed by atoms with Crippen molar-refractivity contribution in [1.82, 2.24) is 4.90 Å². The van der Waals surface area contributed by atoms with E-state index in [1.165, 1.54) is 0 Å². The molecule has 4 nitrogen and oxygen atoms in total. The van der Waals surface area contributed by atoms with E-state index in [-0.39, 0.29) is 5.91 Å². The molecular weight excluding hydrogens is 264 g/mol. The van der Waals surface area contributed by atoms with Crippen LogP contribution in [0.15, 0.2) is 18.2 Å². The van der Waals surface area contributed by atoms with Gasteiger partial charge in [0.25, 0.3) is 5.91 Å². The predicted octanol–water partition coefficient (Wildman–Crippen LogP) is 3.57. The molecule has 1 aromatic rings. The molecule has 0 radical (unpaired) electrons. The van der Waals surface area contributed by atoms with E-state index in [4.69, 9.17) is 10.5 Å². The fraction of sp³-hybridized carbons (Fsp3) is 0.588.